The molecule has 1 amide bonds. The fourth-order valence-corrected chi connectivity index (χ4v) is 4.27. The highest BCUT2D eigenvalue weighted by Gasteiger charge is 2.35. The Labute approximate surface area is 184 Å². The van der Waals surface area contributed by atoms with Crippen LogP contribution in [0, 0.1) is 21.2 Å². The molecule has 0 spiro atoms. The molecule has 5 nitrogen and oxygen atoms in total. The molecular formula is C21H16F3N3O2S2. The number of benzene rings is 2. The van der Waals surface area contributed by atoms with E-state index in [4.69, 9.17) is 12.2 Å². The van der Waals surface area contributed by atoms with E-state index in [2.05, 4.69) is 4.98 Å². The molecule has 160 valence electrons. The van der Waals surface area contributed by atoms with Crippen LogP contribution in [0.25, 0.3) is 10.2 Å². The number of aromatic amines is 1. The SMILES string of the molecule is CC(C)N(C(=O)C(C#N)C(=O)c1ccc(C(F)(F)F)cc1)c1ccc2[nH]c(=S)sc2c1. The molecule has 2 aromatic carbocycles. The van der Waals surface area contributed by atoms with Gasteiger partial charge in [-0.25, -0.2) is 0 Å². The lowest BCUT2D eigenvalue weighted by molar-refractivity contribution is -0.137. The van der Waals surface area contributed by atoms with Gasteiger partial charge in [0.15, 0.2) is 15.7 Å². The number of Topliss-reactive ketones (excluding diaryl/α,β-unsaturated/α-hetero) is 1. The quantitative estimate of drug-likeness (QED) is 0.297. The van der Waals surface area contributed by atoms with Crippen LogP contribution in [0.15, 0.2) is 42.5 Å². The largest absolute Gasteiger partial charge is 0.416 e. The van der Waals surface area contributed by atoms with Crippen molar-refractivity contribution in [2.24, 2.45) is 5.92 Å². The van der Waals surface area contributed by atoms with E-state index in [0.29, 0.717) is 9.64 Å². The Morgan fingerprint density at radius 1 is 1.16 bits per heavy atom. The molecule has 10 heteroatoms. The lowest BCUT2D eigenvalue weighted by atomic mass is 9.96. The number of nitrogens with one attached hydrogen (secondary N) is 1. The van der Waals surface area contributed by atoms with E-state index in [9.17, 15) is 28.0 Å². The number of fused-ring (bicyclic) bond motifs is 1. The molecule has 3 rings (SSSR count). The number of alkyl halides is 3. The summed E-state index contributed by atoms with van der Waals surface area (Å²) in [4.78, 5) is 30.3. The molecule has 1 heterocycles. The molecule has 0 radical (unpaired) electrons. The number of carbonyl (C=O) groups is 2. The van der Waals surface area contributed by atoms with Crippen LogP contribution in [0.5, 0.6) is 0 Å². The highest BCUT2D eigenvalue weighted by molar-refractivity contribution is 7.73. The van der Waals surface area contributed by atoms with Gasteiger partial charge < -0.3 is 9.88 Å². The van der Waals surface area contributed by atoms with Gasteiger partial charge in [-0.05, 0) is 56.4 Å². The summed E-state index contributed by atoms with van der Waals surface area (Å²) in [6.45, 7) is 3.47. The summed E-state index contributed by atoms with van der Waals surface area (Å²) in [6.07, 6.45) is -4.55. The van der Waals surface area contributed by atoms with E-state index in [-0.39, 0.29) is 11.6 Å². The van der Waals surface area contributed by atoms with Gasteiger partial charge in [-0.3, -0.25) is 9.59 Å². The molecular weight excluding hydrogens is 447 g/mol. The number of aromatic nitrogens is 1. The number of H-pyrrole nitrogens is 1. The maximum absolute atomic E-state index is 13.2. The standard InChI is InChI=1S/C21H16F3N3O2S2/c1-11(2)27(14-7-8-16-17(9-14)31-20(30)26-16)19(29)15(10-25)18(28)12-3-5-13(6-4-12)21(22,23)24/h3-9,11,15H,1-2H3,(H,26,30). The number of halogens is 3. The van der Waals surface area contributed by atoms with Gasteiger partial charge in [-0.1, -0.05) is 12.1 Å². The zero-order valence-electron chi connectivity index (χ0n) is 16.4. The Morgan fingerprint density at radius 3 is 2.35 bits per heavy atom. The van der Waals surface area contributed by atoms with Crippen molar-refractivity contribution in [3.63, 3.8) is 0 Å². The highest BCUT2D eigenvalue weighted by Crippen LogP contribution is 2.30. The molecule has 0 fully saturated rings. The van der Waals surface area contributed by atoms with Gasteiger partial charge in [0, 0.05) is 17.3 Å². The zero-order chi connectivity index (χ0) is 22.9. The molecule has 0 aliphatic heterocycles. The van der Waals surface area contributed by atoms with Crippen LogP contribution in [-0.2, 0) is 11.0 Å². The average molecular weight is 464 g/mol. The molecule has 0 bridgehead atoms. The van der Waals surface area contributed by atoms with Crippen LogP contribution in [0.2, 0.25) is 0 Å². The number of nitrogens with zero attached hydrogens (tertiary/aromatic N) is 2. The van der Waals surface area contributed by atoms with Crippen molar-refractivity contribution >= 4 is 51.1 Å². The number of thiazole rings is 1. The first-order valence-corrected chi connectivity index (χ1v) is 10.3. The van der Waals surface area contributed by atoms with Crippen LogP contribution in [-0.4, -0.2) is 22.7 Å². The van der Waals surface area contributed by atoms with E-state index >= 15 is 0 Å². The minimum Gasteiger partial charge on any atom is -0.337 e. The van der Waals surface area contributed by atoms with Gasteiger partial charge in [0.05, 0.1) is 21.8 Å². The minimum absolute atomic E-state index is 0.143. The number of nitriles is 1. The highest BCUT2D eigenvalue weighted by atomic mass is 32.1. The third-order valence-corrected chi connectivity index (χ3v) is 5.77. The number of amides is 1. The molecule has 31 heavy (non-hydrogen) atoms. The Balaban J connectivity index is 1.94. The van der Waals surface area contributed by atoms with Crippen LogP contribution < -0.4 is 4.90 Å². The minimum atomic E-state index is -4.55. The maximum atomic E-state index is 13.2. The van der Waals surface area contributed by atoms with Crippen molar-refractivity contribution in [3.8, 4) is 6.07 Å². The van der Waals surface area contributed by atoms with Crippen LogP contribution >= 0.6 is 23.6 Å². The van der Waals surface area contributed by atoms with Gasteiger partial charge in [-0.2, -0.15) is 18.4 Å². The summed E-state index contributed by atoms with van der Waals surface area (Å²) in [5, 5.41) is 9.55. The predicted octanol–water partition coefficient (Wildman–Crippen LogP) is 5.74. The van der Waals surface area contributed by atoms with Crippen molar-refractivity contribution in [2.45, 2.75) is 26.1 Å². The third kappa shape index (κ3) is 4.68. The first-order chi connectivity index (χ1) is 14.5. The second-order valence-corrected chi connectivity index (χ2v) is 8.72. The molecule has 1 N–H and O–H groups in total. The van der Waals surface area contributed by atoms with Gasteiger partial charge in [0.1, 0.15) is 0 Å². The fourth-order valence-electron chi connectivity index (χ4n) is 3.12. The zero-order valence-corrected chi connectivity index (χ0v) is 18.0. The van der Waals surface area contributed by atoms with E-state index < -0.39 is 29.3 Å². The topological polar surface area (TPSA) is 77.0 Å². The molecule has 3 aromatic rings. The smallest absolute Gasteiger partial charge is 0.337 e. The average Bonchev–Trinajstić information content (AvgIpc) is 3.07. The van der Waals surface area contributed by atoms with Crippen molar-refractivity contribution in [1.29, 1.82) is 5.26 Å². The summed E-state index contributed by atoms with van der Waals surface area (Å²) in [5.74, 6) is -3.30. The first-order valence-electron chi connectivity index (χ1n) is 9.10. The van der Waals surface area contributed by atoms with Crippen LogP contribution in [0.3, 0.4) is 0 Å². The van der Waals surface area contributed by atoms with Crippen LogP contribution in [0.1, 0.15) is 29.8 Å². The summed E-state index contributed by atoms with van der Waals surface area (Å²) in [7, 11) is 0. The van der Waals surface area contributed by atoms with Gasteiger partial charge in [0.2, 0.25) is 0 Å². The molecule has 0 aliphatic rings. The van der Waals surface area contributed by atoms with Crippen molar-refractivity contribution < 1.29 is 22.8 Å². The maximum Gasteiger partial charge on any atom is 0.416 e. The van der Waals surface area contributed by atoms with Crippen molar-refractivity contribution in [3.05, 3.63) is 57.5 Å². The van der Waals surface area contributed by atoms with Crippen molar-refractivity contribution in [2.75, 3.05) is 4.90 Å². The second-order valence-electron chi connectivity index (χ2n) is 7.00. The third-order valence-electron chi connectivity index (χ3n) is 4.57. The van der Waals surface area contributed by atoms with E-state index in [1.165, 1.54) is 16.2 Å². The van der Waals surface area contributed by atoms with E-state index in [1.807, 2.05) is 0 Å². The molecule has 0 saturated heterocycles. The first kappa shape index (κ1) is 22.7. The Kier molecular flexibility index (Phi) is 6.29. The second kappa shape index (κ2) is 8.61. The molecule has 1 aromatic heterocycles. The number of hydrogen-bond acceptors (Lipinski definition) is 5. The summed E-state index contributed by atoms with van der Waals surface area (Å²) in [5.41, 5.74) is 0.219. The van der Waals surface area contributed by atoms with E-state index in [1.54, 1.807) is 38.1 Å². The molecule has 0 aliphatic carbocycles. The van der Waals surface area contributed by atoms with Gasteiger partial charge in [0.25, 0.3) is 5.91 Å². The van der Waals surface area contributed by atoms with Crippen LogP contribution in [0.4, 0.5) is 18.9 Å². The Bertz CT molecular complexity index is 1240. The summed E-state index contributed by atoms with van der Waals surface area (Å²) >= 11 is 6.46. The summed E-state index contributed by atoms with van der Waals surface area (Å²) < 4.78 is 39.7. The van der Waals surface area contributed by atoms with Gasteiger partial charge >= 0.3 is 6.18 Å². The number of rotatable bonds is 5. The number of ketones is 1. The Morgan fingerprint density at radius 2 is 1.81 bits per heavy atom. The lowest BCUT2D eigenvalue weighted by Gasteiger charge is -2.28. The molecule has 1 atom stereocenters. The fraction of sp³-hybridized carbons (Fsp3) is 0.238. The van der Waals surface area contributed by atoms with E-state index in [0.717, 1.165) is 34.5 Å². The number of carbonyl (C=O) groups excluding carboxylic acids is 2. The normalized spacial score (nSPS) is 12.5. The lowest BCUT2D eigenvalue weighted by Crippen LogP contribution is -2.43. The van der Waals surface area contributed by atoms with Crippen molar-refractivity contribution in [1.82, 2.24) is 4.98 Å². The summed E-state index contributed by atoms with van der Waals surface area (Å²) in [6, 6.07) is 9.94. The number of anilines is 1. The monoisotopic (exact) mass is 463 g/mol. The van der Waals surface area contributed by atoms with Gasteiger partial charge in [-0.15, -0.1) is 11.3 Å². The molecule has 1 unspecified atom stereocenters. The molecule has 0 saturated carbocycles. The predicted molar refractivity (Wildman–Crippen MR) is 115 cm³/mol. The Hall–Kier alpha value is -3.03. The number of hydrogen-bond donors (Lipinski definition) is 1.